The molecule has 0 bridgehead atoms. The highest BCUT2D eigenvalue weighted by atomic mass is 32.1. The molecule has 0 saturated carbocycles. The summed E-state index contributed by atoms with van der Waals surface area (Å²) in [7, 11) is 0. The van der Waals surface area contributed by atoms with Gasteiger partial charge in [-0.3, -0.25) is 9.59 Å². The molecule has 0 radical (unpaired) electrons. The van der Waals surface area contributed by atoms with Gasteiger partial charge in [0.15, 0.2) is 0 Å². The van der Waals surface area contributed by atoms with Crippen molar-refractivity contribution in [3.05, 3.63) is 40.3 Å². The first-order valence-corrected chi connectivity index (χ1v) is 8.85. The number of hydrogen-bond acceptors (Lipinski definition) is 4. The predicted octanol–water partition coefficient (Wildman–Crippen LogP) is 3.82. The second-order valence-corrected chi connectivity index (χ2v) is 7.93. The molecule has 2 aromatic rings. The first-order valence-electron chi connectivity index (χ1n) is 8.03. The van der Waals surface area contributed by atoms with E-state index in [0.717, 1.165) is 17.1 Å². The van der Waals surface area contributed by atoms with Crippen LogP contribution in [0.2, 0.25) is 0 Å². The lowest BCUT2D eigenvalue weighted by Gasteiger charge is -2.19. The van der Waals surface area contributed by atoms with Crippen molar-refractivity contribution in [2.75, 3.05) is 16.8 Å². The third-order valence-electron chi connectivity index (χ3n) is 3.89. The molecule has 1 aliphatic heterocycles. The van der Waals surface area contributed by atoms with Crippen molar-refractivity contribution in [2.45, 2.75) is 39.0 Å². The van der Waals surface area contributed by atoms with Gasteiger partial charge in [0.05, 0.1) is 22.6 Å². The maximum atomic E-state index is 12.6. The van der Waals surface area contributed by atoms with E-state index < -0.39 is 0 Å². The fraction of sp³-hybridized carbons (Fsp3) is 0.389. The Hall–Kier alpha value is -2.21. The van der Waals surface area contributed by atoms with E-state index in [1.165, 1.54) is 11.3 Å². The number of carbonyl (C=O) groups is 2. The van der Waals surface area contributed by atoms with Gasteiger partial charge < -0.3 is 10.2 Å². The average Bonchev–Trinajstić information content (AvgIpc) is 3.16. The van der Waals surface area contributed by atoms with Gasteiger partial charge in [-0.05, 0) is 18.6 Å². The zero-order chi connectivity index (χ0) is 17.3. The third kappa shape index (κ3) is 3.33. The number of hydrogen-bond donors (Lipinski definition) is 1. The number of rotatable bonds is 3. The van der Waals surface area contributed by atoms with Crippen molar-refractivity contribution < 1.29 is 9.59 Å². The Kier molecular flexibility index (Phi) is 4.41. The van der Waals surface area contributed by atoms with Gasteiger partial charge in [0, 0.05) is 18.4 Å². The number of nitrogens with zero attached hydrogens (tertiary/aromatic N) is 2. The quantitative estimate of drug-likeness (QED) is 0.921. The summed E-state index contributed by atoms with van der Waals surface area (Å²) in [6.07, 6.45) is 3.03. The van der Waals surface area contributed by atoms with Crippen LogP contribution in [0.1, 0.15) is 48.3 Å². The van der Waals surface area contributed by atoms with Crippen LogP contribution in [-0.4, -0.2) is 23.3 Å². The van der Waals surface area contributed by atoms with Crippen LogP contribution in [0.5, 0.6) is 0 Å². The molecular formula is C18H21N3O2S. The Morgan fingerprint density at radius 1 is 1.29 bits per heavy atom. The van der Waals surface area contributed by atoms with E-state index in [4.69, 9.17) is 0 Å². The van der Waals surface area contributed by atoms with Crippen LogP contribution in [-0.2, 0) is 10.2 Å². The van der Waals surface area contributed by atoms with E-state index >= 15 is 0 Å². The number of aromatic nitrogens is 1. The summed E-state index contributed by atoms with van der Waals surface area (Å²) in [6, 6.07) is 7.42. The van der Waals surface area contributed by atoms with E-state index in [0.29, 0.717) is 23.5 Å². The lowest BCUT2D eigenvalue weighted by Crippen LogP contribution is -2.25. The Morgan fingerprint density at radius 2 is 2.04 bits per heavy atom. The summed E-state index contributed by atoms with van der Waals surface area (Å²) in [6.45, 7) is 6.91. The van der Waals surface area contributed by atoms with Gasteiger partial charge in [-0.25, -0.2) is 4.98 Å². The van der Waals surface area contributed by atoms with Gasteiger partial charge in [0.1, 0.15) is 4.88 Å². The van der Waals surface area contributed by atoms with Gasteiger partial charge in [-0.15, -0.1) is 11.3 Å². The molecule has 1 N–H and O–H groups in total. The molecule has 1 aromatic carbocycles. The monoisotopic (exact) mass is 343 g/mol. The second kappa shape index (κ2) is 6.36. The number of amides is 2. The molecule has 126 valence electrons. The highest BCUT2D eigenvalue weighted by Gasteiger charge is 2.25. The number of anilines is 2. The van der Waals surface area contributed by atoms with Crippen molar-refractivity contribution >= 4 is 34.5 Å². The molecule has 0 unspecified atom stereocenters. The highest BCUT2D eigenvalue weighted by molar-refractivity contribution is 7.13. The molecular weight excluding hydrogens is 322 g/mol. The third-order valence-corrected chi connectivity index (χ3v) is 5.31. The highest BCUT2D eigenvalue weighted by Crippen LogP contribution is 2.31. The zero-order valence-electron chi connectivity index (χ0n) is 14.1. The number of benzene rings is 1. The maximum absolute atomic E-state index is 12.6. The van der Waals surface area contributed by atoms with E-state index in [1.54, 1.807) is 11.1 Å². The Morgan fingerprint density at radius 3 is 2.67 bits per heavy atom. The van der Waals surface area contributed by atoms with Crippen LogP contribution < -0.4 is 10.2 Å². The molecule has 1 fully saturated rings. The molecule has 0 spiro atoms. The molecule has 6 heteroatoms. The number of nitrogens with one attached hydrogen (secondary N) is 1. The van der Waals surface area contributed by atoms with E-state index in [9.17, 15) is 9.59 Å². The fourth-order valence-corrected chi connectivity index (χ4v) is 3.50. The predicted molar refractivity (Wildman–Crippen MR) is 96.8 cm³/mol. The molecule has 1 aliphatic rings. The van der Waals surface area contributed by atoms with Gasteiger partial charge >= 0.3 is 0 Å². The van der Waals surface area contributed by atoms with Crippen molar-refractivity contribution in [2.24, 2.45) is 0 Å². The Bertz CT molecular complexity index is 777. The topological polar surface area (TPSA) is 62.3 Å². The van der Waals surface area contributed by atoms with E-state index in [1.807, 2.05) is 24.3 Å². The van der Waals surface area contributed by atoms with Crippen molar-refractivity contribution in [3.63, 3.8) is 0 Å². The minimum absolute atomic E-state index is 0.0803. The van der Waals surface area contributed by atoms with Gasteiger partial charge in [-0.1, -0.05) is 32.9 Å². The number of carbonyl (C=O) groups excluding carboxylic acids is 2. The van der Waals surface area contributed by atoms with Crippen molar-refractivity contribution in [1.82, 2.24) is 4.98 Å². The Balaban J connectivity index is 1.82. The second-order valence-electron chi connectivity index (χ2n) is 6.90. The summed E-state index contributed by atoms with van der Waals surface area (Å²) in [4.78, 5) is 31.2. The smallest absolute Gasteiger partial charge is 0.267 e. The first kappa shape index (κ1) is 16.6. The Labute approximate surface area is 145 Å². The van der Waals surface area contributed by atoms with Crippen LogP contribution in [0.3, 0.4) is 0 Å². The minimum Gasteiger partial charge on any atom is -0.319 e. The standard InChI is InChI=1S/C18H21N3O2S/c1-18(2,3)17-19-11-14(24-17)16(23)20-12-7-4-5-8-13(12)21-10-6-9-15(21)22/h4-5,7-8,11H,6,9-10H2,1-3H3,(H,20,23). The summed E-state index contributed by atoms with van der Waals surface area (Å²) in [5.41, 5.74) is 1.33. The fourth-order valence-electron chi connectivity index (χ4n) is 2.63. The molecule has 1 aromatic heterocycles. The molecule has 3 rings (SSSR count). The van der Waals surface area contributed by atoms with Crippen LogP contribution in [0.4, 0.5) is 11.4 Å². The molecule has 1 saturated heterocycles. The van der Waals surface area contributed by atoms with E-state index in [2.05, 4.69) is 31.1 Å². The summed E-state index contributed by atoms with van der Waals surface area (Å²) >= 11 is 1.40. The normalized spacial score (nSPS) is 15.0. The average molecular weight is 343 g/mol. The molecule has 0 aliphatic carbocycles. The first-order chi connectivity index (χ1) is 11.4. The van der Waals surface area contributed by atoms with Crippen LogP contribution in [0, 0.1) is 0 Å². The van der Waals surface area contributed by atoms with Crippen molar-refractivity contribution in [1.29, 1.82) is 0 Å². The lowest BCUT2D eigenvalue weighted by atomic mass is 9.98. The molecule has 0 atom stereocenters. The zero-order valence-corrected chi connectivity index (χ0v) is 14.9. The summed E-state index contributed by atoms with van der Waals surface area (Å²) < 4.78 is 0. The van der Waals surface area contributed by atoms with Crippen LogP contribution >= 0.6 is 11.3 Å². The van der Waals surface area contributed by atoms with Gasteiger partial charge in [0.25, 0.3) is 5.91 Å². The van der Waals surface area contributed by atoms with Gasteiger partial charge in [-0.2, -0.15) is 0 Å². The van der Waals surface area contributed by atoms with E-state index in [-0.39, 0.29) is 17.2 Å². The minimum atomic E-state index is -0.193. The maximum Gasteiger partial charge on any atom is 0.267 e. The molecule has 2 amide bonds. The largest absolute Gasteiger partial charge is 0.319 e. The number of para-hydroxylation sites is 2. The SMILES string of the molecule is CC(C)(C)c1ncc(C(=O)Nc2ccccc2N2CCCC2=O)s1. The molecule has 2 heterocycles. The van der Waals surface area contributed by atoms with Crippen molar-refractivity contribution in [3.8, 4) is 0 Å². The summed E-state index contributed by atoms with van der Waals surface area (Å²) in [5, 5.41) is 3.85. The number of thiazole rings is 1. The van der Waals surface area contributed by atoms with Crippen LogP contribution in [0.15, 0.2) is 30.5 Å². The molecule has 5 nitrogen and oxygen atoms in total. The van der Waals surface area contributed by atoms with Crippen LogP contribution in [0.25, 0.3) is 0 Å². The lowest BCUT2D eigenvalue weighted by molar-refractivity contribution is -0.117. The summed E-state index contributed by atoms with van der Waals surface area (Å²) in [5.74, 6) is -0.0911. The molecule has 24 heavy (non-hydrogen) atoms. The van der Waals surface area contributed by atoms with Gasteiger partial charge in [0.2, 0.25) is 5.91 Å².